The van der Waals surface area contributed by atoms with Crippen molar-refractivity contribution in [3.05, 3.63) is 107 Å². The van der Waals surface area contributed by atoms with E-state index in [9.17, 15) is 28.8 Å². The molecule has 68 heavy (non-hydrogen) atoms. The molecule has 0 aliphatic heterocycles. The summed E-state index contributed by atoms with van der Waals surface area (Å²) in [5, 5.41) is 8.93. The molecule has 0 radical (unpaired) electrons. The Bertz CT molecular complexity index is 2320. The van der Waals surface area contributed by atoms with Crippen LogP contribution in [-0.4, -0.2) is 83.2 Å². The maximum atomic E-state index is 13.0. The molecule has 3 N–H and O–H groups in total. The maximum absolute atomic E-state index is 13.0. The molecule has 6 atom stereocenters. The molecule has 0 amide bonds. The Kier molecular flexibility index (Phi) is 25.2. The van der Waals surface area contributed by atoms with E-state index in [0.29, 0.717) is 0 Å². The van der Waals surface area contributed by atoms with Crippen LogP contribution >= 0.6 is 12.4 Å². The summed E-state index contributed by atoms with van der Waals surface area (Å²) in [6, 6.07) is 18.5. The van der Waals surface area contributed by atoms with Crippen LogP contribution in [0.5, 0.6) is 23.0 Å². The van der Waals surface area contributed by atoms with E-state index in [2.05, 4.69) is 35.9 Å². The van der Waals surface area contributed by atoms with Crippen molar-refractivity contribution in [1.29, 1.82) is 0 Å². The van der Waals surface area contributed by atoms with Gasteiger partial charge < -0.3 is 39.3 Å². The lowest BCUT2D eigenvalue weighted by atomic mass is 9.92. The summed E-state index contributed by atoms with van der Waals surface area (Å²) < 4.78 is 31.5. The number of carboxylic acid groups (broad SMARTS) is 1. The number of aromatic nitrogens is 2. The average Bonchev–Trinajstić information content (AvgIpc) is 3.28. The van der Waals surface area contributed by atoms with Crippen molar-refractivity contribution in [3.63, 3.8) is 0 Å². The molecule has 4 rings (SSSR count). The predicted molar refractivity (Wildman–Crippen MR) is 259 cm³/mol. The van der Waals surface area contributed by atoms with Crippen molar-refractivity contribution < 1.29 is 62.3 Å². The Morgan fingerprint density at radius 3 is 1.32 bits per heavy atom. The summed E-state index contributed by atoms with van der Waals surface area (Å²) >= 11 is 0. The summed E-state index contributed by atoms with van der Waals surface area (Å²) in [5.74, 6) is -4.73. The number of esters is 4. The number of rotatable bonds is 18. The number of halogens is 1. The molecular weight excluding hydrogens is 898 g/mol. The number of nitrogens with zero attached hydrogens (tertiary/aromatic N) is 2. The Labute approximate surface area is 406 Å². The van der Waals surface area contributed by atoms with E-state index in [1.54, 1.807) is 41.5 Å². The lowest BCUT2D eigenvalue weighted by Gasteiger charge is -2.23. The topological polar surface area (TPSA) is 230 Å². The number of ether oxygens (including phenoxy) is 6. The number of ketones is 1. The molecule has 0 bridgehead atoms. The monoisotopic (exact) mass is 965 g/mol. The molecule has 0 aliphatic rings. The number of aryl methyl sites for hydroxylation is 2. The van der Waals surface area contributed by atoms with Crippen LogP contribution in [0.4, 0.5) is 0 Å². The Balaban J connectivity index is 0.000000557. The van der Waals surface area contributed by atoms with Crippen molar-refractivity contribution in [2.24, 2.45) is 23.5 Å². The Morgan fingerprint density at radius 2 is 0.956 bits per heavy atom. The van der Waals surface area contributed by atoms with Crippen molar-refractivity contribution in [3.8, 4) is 23.0 Å². The van der Waals surface area contributed by atoms with E-state index in [-0.39, 0.29) is 89.1 Å². The van der Waals surface area contributed by atoms with Gasteiger partial charge in [0.2, 0.25) is 11.5 Å². The fourth-order valence-electron chi connectivity index (χ4n) is 6.12. The minimum absolute atomic E-state index is 0. The van der Waals surface area contributed by atoms with Crippen molar-refractivity contribution in [1.82, 2.24) is 9.97 Å². The van der Waals surface area contributed by atoms with Gasteiger partial charge in [0.1, 0.15) is 18.2 Å². The first-order valence-corrected chi connectivity index (χ1v) is 22.0. The third kappa shape index (κ3) is 17.7. The smallest absolute Gasteiger partial charge is 0.358 e. The lowest BCUT2D eigenvalue weighted by Crippen LogP contribution is -2.33. The van der Waals surface area contributed by atoms with Gasteiger partial charge in [-0.25, -0.2) is 14.8 Å². The highest BCUT2D eigenvalue weighted by atomic mass is 35.5. The van der Waals surface area contributed by atoms with Gasteiger partial charge in [0.25, 0.3) is 0 Å². The molecule has 0 saturated carbocycles. The number of Topliss-reactive ketones (excluding diaryl/α,β-unsaturated/α-hetero) is 1. The number of carbonyl (C=O) groups is 6. The third-order valence-corrected chi connectivity index (χ3v) is 10.6. The fraction of sp³-hybridized carbons (Fsp3) is 0.451. The molecule has 2 aromatic carbocycles. The highest BCUT2D eigenvalue weighted by Crippen LogP contribution is 2.33. The van der Waals surface area contributed by atoms with Crippen LogP contribution < -0.4 is 24.7 Å². The standard InChI is InChI=1S/C26H33NO6.C14H21NO2.C11H13NO5.ClH/c1-15(2)25(29)33-24-22(31-7)12-13-27-23(24)21(28)14-17(4)26(30)32-19(6)18(5)20-11-9-8-10-16(20)3;1-9-7-5-6-8-13(9)10(2)12(4)17-14(16)11(3)15;1-6(2)11(15)17-9-7(16-3)4-5-12-8(9)10(13)14;/h8-13,15,17-19H,14H2,1-7H3;5-8,10-12H,15H2,1-4H3;4-6H,1-3H3,(H,13,14);1H/t17-,18-,19+;10-,11+,12+;;/m11../s1. The molecule has 0 aliphatic carbocycles. The fourth-order valence-corrected chi connectivity index (χ4v) is 6.12. The number of aromatic carboxylic acids is 1. The summed E-state index contributed by atoms with van der Waals surface area (Å²) in [5.41, 5.74) is 9.73. The Morgan fingerprint density at radius 1 is 0.574 bits per heavy atom. The second-order valence-electron chi connectivity index (χ2n) is 16.7. The second kappa shape index (κ2) is 28.7. The largest absolute Gasteiger partial charge is 0.493 e. The maximum Gasteiger partial charge on any atom is 0.358 e. The van der Waals surface area contributed by atoms with Crippen LogP contribution in [-0.2, 0) is 28.7 Å². The van der Waals surface area contributed by atoms with E-state index in [4.69, 9.17) is 39.3 Å². The van der Waals surface area contributed by atoms with Gasteiger partial charge in [-0.05, 0) is 56.9 Å². The number of hydrogen-bond donors (Lipinski definition) is 2. The van der Waals surface area contributed by atoms with Gasteiger partial charge in [-0.3, -0.25) is 24.0 Å². The second-order valence-corrected chi connectivity index (χ2v) is 16.7. The first kappa shape index (κ1) is 59.6. The molecular formula is C51H68ClN3O13. The first-order valence-electron chi connectivity index (χ1n) is 22.0. The normalized spacial score (nSPS) is 13.2. The van der Waals surface area contributed by atoms with E-state index >= 15 is 0 Å². The molecule has 0 fully saturated rings. The van der Waals surface area contributed by atoms with Gasteiger partial charge in [-0.15, -0.1) is 12.4 Å². The number of nitrogens with two attached hydrogens (primary N) is 1. The summed E-state index contributed by atoms with van der Waals surface area (Å²) in [7, 11) is 2.76. The summed E-state index contributed by atoms with van der Waals surface area (Å²) in [4.78, 5) is 79.3. The van der Waals surface area contributed by atoms with Crippen molar-refractivity contribution in [2.45, 2.75) is 120 Å². The zero-order valence-electron chi connectivity index (χ0n) is 41.5. The number of pyridine rings is 2. The minimum atomic E-state index is -1.28. The molecule has 0 spiro atoms. The van der Waals surface area contributed by atoms with Crippen LogP contribution in [0.25, 0.3) is 0 Å². The molecule has 4 aromatic rings. The quantitative estimate of drug-likeness (QED) is 0.0700. The number of carboxylic acids is 1. The van der Waals surface area contributed by atoms with Crippen LogP contribution in [0.2, 0.25) is 0 Å². The lowest BCUT2D eigenvalue weighted by molar-refractivity contribution is -0.153. The van der Waals surface area contributed by atoms with E-state index in [1.165, 1.54) is 49.9 Å². The minimum Gasteiger partial charge on any atom is -0.493 e. The average molecular weight is 967 g/mol. The van der Waals surface area contributed by atoms with Crippen molar-refractivity contribution >= 4 is 48.0 Å². The van der Waals surface area contributed by atoms with Gasteiger partial charge in [-0.2, -0.15) is 0 Å². The van der Waals surface area contributed by atoms with Gasteiger partial charge in [0.15, 0.2) is 28.7 Å². The summed E-state index contributed by atoms with van der Waals surface area (Å²) in [6.45, 7) is 21.8. The number of benzene rings is 2. The Hall–Kier alpha value is -6.39. The molecule has 17 heteroatoms. The number of carbonyl (C=O) groups excluding carboxylic acids is 5. The van der Waals surface area contributed by atoms with Gasteiger partial charge >= 0.3 is 29.8 Å². The molecule has 2 aromatic heterocycles. The SMILES string of the molecule is COc1ccnc(C(=O)C[C@@H](C)C(=O)O[C@@H](C)[C@@H](C)c2ccccc2C)c1OC(=O)C(C)C.COc1ccnc(C(=O)O)c1OC(=O)C(C)C.Cc1ccccc1[C@H](C)[C@H](C)OC(=O)[C@H](C)N.Cl. The van der Waals surface area contributed by atoms with Crippen molar-refractivity contribution in [2.75, 3.05) is 14.2 Å². The van der Waals surface area contributed by atoms with E-state index in [1.807, 2.05) is 64.1 Å². The summed E-state index contributed by atoms with van der Waals surface area (Å²) in [6.07, 6.45) is 1.99. The zero-order chi connectivity index (χ0) is 50.7. The molecule has 0 unspecified atom stereocenters. The van der Waals surface area contributed by atoms with Crippen LogP contribution in [0.15, 0.2) is 73.1 Å². The van der Waals surface area contributed by atoms with Gasteiger partial charge in [0.05, 0.1) is 32.0 Å². The highest BCUT2D eigenvalue weighted by Gasteiger charge is 2.29. The molecule has 372 valence electrons. The molecule has 0 saturated heterocycles. The predicted octanol–water partition coefficient (Wildman–Crippen LogP) is 9.05. The number of hydrogen-bond acceptors (Lipinski definition) is 15. The highest BCUT2D eigenvalue weighted by molar-refractivity contribution is 6.00. The molecule has 2 heterocycles. The third-order valence-electron chi connectivity index (χ3n) is 10.6. The van der Waals surface area contributed by atoms with Gasteiger partial charge in [-0.1, -0.05) is 97.0 Å². The van der Waals surface area contributed by atoms with E-state index < -0.39 is 47.5 Å². The van der Waals surface area contributed by atoms with Gasteiger partial charge in [0, 0.05) is 42.8 Å². The van der Waals surface area contributed by atoms with Crippen LogP contribution in [0.3, 0.4) is 0 Å². The first-order chi connectivity index (χ1) is 31.5. The molecule has 16 nitrogen and oxygen atoms in total. The van der Waals surface area contributed by atoms with Crippen LogP contribution in [0.1, 0.15) is 131 Å². The zero-order valence-corrected chi connectivity index (χ0v) is 42.3. The van der Waals surface area contributed by atoms with Crippen LogP contribution in [0, 0.1) is 31.6 Å². The van der Waals surface area contributed by atoms with E-state index in [0.717, 1.165) is 11.1 Å². The number of methoxy groups -OCH3 is 2.